The van der Waals surface area contributed by atoms with Crippen molar-refractivity contribution in [3.8, 4) is 0 Å². The topological polar surface area (TPSA) is 106 Å². The van der Waals surface area contributed by atoms with Crippen LogP contribution in [0.5, 0.6) is 0 Å². The number of hydrazine groups is 1. The first-order valence-corrected chi connectivity index (χ1v) is 6.25. The number of amides is 1. The maximum absolute atomic E-state index is 12.1. The lowest BCUT2D eigenvalue weighted by Crippen LogP contribution is -2.28. The average Bonchev–Trinajstić information content (AvgIpc) is 2.86. The van der Waals surface area contributed by atoms with E-state index in [0.29, 0.717) is 17.5 Å². The molecule has 106 valence electrons. The van der Waals surface area contributed by atoms with Crippen molar-refractivity contribution >= 4 is 23.3 Å². The Bertz CT molecular complexity index is 628. The quantitative estimate of drug-likeness (QED) is 0.587. The van der Waals surface area contributed by atoms with Crippen LogP contribution in [-0.2, 0) is 0 Å². The first-order valence-electron chi connectivity index (χ1n) is 5.87. The Morgan fingerprint density at radius 2 is 2.25 bits per heavy atom. The number of hydrogen-bond donors (Lipinski definition) is 3. The lowest BCUT2D eigenvalue weighted by molar-refractivity contribution is 0.0929. The fraction of sp³-hybridized carbons (Fsp3) is 0.250. The number of aromatic nitrogens is 2. The first-order chi connectivity index (χ1) is 9.51. The van der Waals surface area contributed by atoms with Gasteiger partial charge >= 0.3 is 0 Å². The molecule has 7 nitrogen and oxygen atoms in total. The molecule has 8 heteroatoms. The van der Waals surface area contributed by atoms with Crippen LogP contribution < -0.4 is 16.6 Å². The van der Waals surface area contributed by atoms with Crippen molar-refractivity contribution in [3.63, 3.8) is 0 Å². The van der Waals surface area contributed by atoms with Crippen LogP contribution in [0.1, 0.15) is 35.1 Å². The third-order valence-electron chi connectivity index (χ3n) is 2.57. The van der Waals surface area contributed by atoms with Gasteiger partial charge in [0.25, 0.3) is 5.91 Å². The third kappa shape index (κ3) is 3.06. The number of carbonyl (C=O) groups is 1. The number of carbonyl (C=O) groups excluding carboxylic acids is 1. The number of nitrogens with zero attached hydrogens (tertiary/aromatic N) is 2. The van der Waals surface area contributed by atoms with E-state index >= 15 is 0 Å². The summed E-state index contributed by atoms with van der Waals surface area (Å²) in [6, 6.07) is 2.71. The van der Waals surface area contributed by atoms with Crippen molar-refractivity contribution in [2.45, 2.75) is 19.9 Å². The number of nitrogens with two attached hydrogens (primary N) is 1. The summed E-state index contributed by atoms with van der Waals surface area (Å²) in [7, 11) is 0. The highest BCUT2D eigenvalue weighted by atomic mass is 35.5. The van der Waals surface area contributed by atoms with Gasteiger partial charge in [0.1, 0.15) is 23.3 Å². The Morgan fingerprint density at radius 1 is 1.50 bits per heavy atom. The molecule has 0 aromatic carbocycles. The van der Waals surface area contributed by atoms with Crippen molar-refractivity contribution in [1.82, 2.24) is 15.3 Å². The van der Waals surface area contributed by atoms with Gasteiger partial charge < -0.3 is 15.2 Å². The van der Waals surface area contributed by atoms with Gasteiger partial charge in [-0.05, 0) is 26.0 Å². The summed E-state index contributed by atoms with van der Waals surface area (Å²) >= 11 is 5.95. The third-order valence-corrected chi connectivity index (χ3v) is 2.87. The van der Waals surface area contributed by atoms with E-state index in [1.807, 2.05) is 0 Å². The van der Waals surface area contributed by atoms with E-state index in [1.54, 1.807) is 32.2 Å². The Labute approximate surface area is 120 Å². The van der Waals surface area contributed by atoms with E-state index in [2.05, 4.69) is 20.7 Å². The smallest absolute Gasteiger partial charge is 0.272 e. The maximum Gasteiger partial charge on any atom is 0.272 e. The molecule has 1 amide bonds. The van der Waals surface area contributed by atoms with E-state index in [9.17, 15) is 4.79 Å². The Balaban J connectivity index is 2.15. The second kappa shape index (κ2) is 5.89. The van der Waals surface area contributed by atoms with Gasteiger partial charge in [0.05, 0.1) is 11.2 Å². The number of halogens is 1. The van der Waals surface area contributed by atoms with Crippen LogP contribution in [0.3, 0.4) is 0 Å². The molecule has 0 aliphatic carbocycles. The molecule has 0 saturated carbocycles. The van der Waals surface area contributed by atoms with Crippen molar-refractivity contribution in [2.75, 3.05) is 5.43 Å². The van der Waals surface area contributed by atoms with Crippen molar-refractivity contribution in [3.05, 3.63) is 40.7 Å². The maximum atomic E-state index is 12.1. The molecule has 0 bridgehead atoms. The second-order valence-corrected chi connectivity index (χ2v) is 4.58. The fourth-order valence-electron chi connectivity index (χ4n) is 1.58. The van der Waals surface area contributed by atoms with Crippen LogP contribution in [0, 0.1) is 6.92 Å². The van der Waals surface area contributed by atoms with E-state index in [1.165, 1.54) is 0 Å². The van der Waals surface area contributed by atoms with E-state index in [0.717, 1.165) is 0 Å². The number of aryl methyl sites for hydroxylation is 1. The van der Waals surface area contributed by atoms with E-state index in [-0.39, 0.29) is 10.7 Å². The number of oxazole rings is 1. The number of nitrogens with one attached hydrogen (secondary N) is 2. The van der Waals surface area contributed by atoms with Gasteiger partial charge in [0, 0.05) is 0 Å². The predicted molar refractivity (Wildman–Crippen MR) is 74.2 cm³/mol. The second-order valence-electron chi connectivity index (χ2n) is 4.18. The molecule has 0 radical (unpaired) electrons. The fourth-order valence-corrected chi connectivity index (χ4v) is 1.77. The average molecular weight is 296 g/mol. The Kier molecular flexibility index (Phi) is 4.21. The number of anilines is 1. The van der Waals surface area contributed by atoms with Crippen LogP contribution in [-0.4, -0.2) is 15.9 Å². The molecule has 2 aromatic heterocycles. The molecular formula is C12H14ClN5O2. The molecule has 4 N–H and O–H groups in total. The minimum Gasteiger partial charge on any atom is -0.444 e. The highest BCUT2D eigenvalue weighted by Crippen LogP contribution is 2.18. The lowest BCUT2D eigenvalue weighted by Gasteiger charge is -2.11. The number of hydrogen-bond acceptors (Lipinski definition) is 6. The van der Waals surface area contributed by atoms with Gasteiger partial charge in [0.15, 0.2) is 0 Å². The minimum atomic E-state index is -0.435. The number of pyridine rings is 1. The summed E-state index contributed by atoms with van der Waals surface area (Å²) in [5, 5.41) is 2.94. The molecule has 0 aliphatic heterocycles. The number of nitrogen functional groups attached to an aromatic ring is 1. The van der Waals surface area contributed by atoms with Gasteiger partial charge in [-0.15, -0.1) is 0 Å². The molecule has 0 fully saturated rings. The lowest BCUT2D eigenvalue weighted by atomic mass is 10.3. The van der Waals surface area contributed by atoms with E-state index in [4.69, 9.17) is 21.9 Å². The molecule has 0 spiro atoms. The zero-order valence-corrected chi connectivity index (χ0v) is 11.7. The van der Waals surface area contributed by atoms with Crippen molar-refractivity contribution in [1.29, 1.82) is 0 Å². The van der Waals surface area contributed by atoms with Crippen LogP contribution in [0.4, 0.5) is 5.82 Å². The van der Waals surface area contributed by atoms with Crippen LogP contribution >= 0.6 is 11.6 Å². The standard InChI is InChI=1S/C12H14ClN5O2/c1-6-5-15-12(20-6)7(2)16-11(19)10-8(13)3-4-9(17-10)18-14/h3-5,7H,14H2,1-2H3,(H,16,19)(H,17,18). The Morgan fingerprint density at radius 3 is 2.85 bits per heavy atom. The SMILES string of the molecule is Cc1cnc(C(C)NC(=O)c2nc(NN)ccc2Cl)o1. The summed E-state index contributed by atoms with van der Waals surface area (Å²) in [5.41, 5.74) is 2.44. The molecule has 1 atom stereocenters. The highest BCUT2D eigenvalue weighted by Gasteiger charge is 2.19. The summed E-state index contributed by atoms with van der Waals surface area (Å²) < 4.78 is 5.35. The molecule has 2 heterocycles. The van der Waals surface area contributed by atoms with Gasteiger partial charge in [-0.2, -0.15) is 0 Å². The van der Waals surface area contributed by atoms with Gasteiger partial charge in [0.2, 0.25) is 5.89 Å². The monoisotopic (exact) mass is 295 g/mol. The predicted octanol–water partition coefficient (Wildman–Crippen LogP) is 1.81. The molecule has 0 aliphatic rings. The summed E-state index contributed by atoms with van der Waals surface area (Å²) in [4.78, 5) is 20.2. The van der Waals surface area contributed by atoms with Gasteiger partial charge in [-0.3, -0.25) is 4.79 Å². The summed E-state index contributed by atoms with van der Waals surface area (Å²) in [6.07, 6.45) is 1.59. The van der Waals surface area contributed by atoms with E-state index < -0.39 is 11.9 Å². The zero-order valence-electron chi connectivity index (χ0n) is 11.0. The van der Waals surface area contributed by atoms with Crippen molar-refractivity contribution in [2.24, 2.45) is 5.84 Å². The number of rotatable bonds is 4. The zero-order chi connectivity index (χ0) is 14.7. The largest absolute Gasteiger partial charge is 0.444 e. The first kappa shape index (κ1) is 14.3. The summed E-state index contributed by atoms with van der Waals surface area (Å²) in [5.74, 6) is 6.25. The van der Waals surface area contributed by atoms with Crippen LogP contribution in [0.15, 0.2) is 22.7 Å². The highest BCUT2D eigenvalue weighted by molar-refractivity contribution is 6.33. The van der Waals surface area contributed by atoms with Gasteiger partial charge in [-0.1, -0.05) is 11.6 Å². The molecule has 0 saturated heterocycles. The minimum absolute atomic E-state index is 0.0808. The molecular weight excluding hydrogens is 282 g/mol. The van der Waals surface area contributed by atoms with Crippen LogP contribution in [0.25, 0.3) is 0 Å². The molecule has 20 heavy (non-hydrogen) atoms. The van der Waals surface area contributed by atoms with Crippen molar-refractivity contribution < 1.29 is 9.21 Å². The van der Waals surface area contributed by atoms with Gasteiger partial charge in [-0.25, -0.2) is 15.8 Å². The summed E-state index contributed by atoms with van der Waals surface area (Å²) in [6.45, 7) is 3.53. The Hall–Kier alpha value is -2.12. The normalized spacial score (nSPS) is 12.0. The molecule has 2 aromatic rings. The van der Waals surface area contributed by atoms with Crippen LogP contribution in [0.2, 0.25) is 5.02 Å². The molecule has 2 rings (SSSR count). The molecule has 1 unspecified atom stereocenters.